The number of nitrogens with zero attached hydrogens (tertiary/aromatic N) is 4. The molecule has 2 rings (SSSR count). The van der Waals surface area contributed by atoms with Crippen molar-refractivity contribution < 1.29 is 0 Å². The molecule has 5 heteroatoms. The molecule has 5 nitrogen and oxygen atoms in total. The molecule has 0 bridgehead atoms. The minimum absolute atomic E-state index is 0.240. The highest BCUT2D eigenvalue weighted by molar-refractivity contribution is 5.50. The van der Waals surface area contributed by atoms with E-state index in [1.165, 1.54) is 6.20 Å². The second kappa shape index (κ2) is 6.56. The number of aromatic nitrogens is 2. The van der Waals surface area contributed by atoms with Gasteiger partial charge in [0, 0.05) is 13.1 Å². The second-order valence-electron chi connectivity index (χ2n) is 5.68. The number of hydrogen-bond donors (Lipinski definition) is 1. The molecule has 0 amide bonds. The molecule has 20 heavy (non-hydrogen) atoms. The average Bonchev–Trinajstić information content (AvgIpc) is 2.44. The summed E-state index contributed by atoms with van der Waals surface area (Å²) in [6.07, 6.45) is 2.62. The van der Waals surface area contributed by atoms with Crippen LogP contribution in [0.3, 0.4) is 0 Å². The van der Waals surface area contributed by atoms with Crippen LogP contribution in [0.2, 0.25) is 0 Å². The van der Waals surface area contributed by atoms with Crippen molar-refractivity contribution in [2.24, 2.45) is 11.3 Å². The van der Waals surface area contributed by atoms with E-state index in [-0.39, 0.29) is 11.2 Å². The van der Waals surface area contributed by atoms with Crippen LogP contribution in [-0.4, -0.2) is 23.1 Å². The number of hydrogen-bond acceptors (Lipinski definition) is 5. The predicted octanol–water partition coefficient (Wildman–Crippen LogP) is 2.83. The molecule has 110 valence electrons. The van der Waals surface area contributed by atoms with Gasteiger partial charge in [-0.3, -0.25) is 0 Å². The summed E-state index contributed by atoms with van der Waals surface area (Å²) >= 11 is 0. The summed E-state index contributed by atoms with van der Waals surface area (Å²) in [5.74, 6) is 1.58. The fourth-order valence-electron chi connectivity index (χ4n) is 2.26. The third-order valence-electron chi connectivity index (χ3n) is 3.97. The molecule has 1 fully saturated rings. The Kier molecular flexibility index (Phi) is 5.32. The zero-order valence-corrected chi connectivity index (χ0v) is 13.1. The summed E-state index contributed by atoms with van der Waals surface area (Å²) in [6, 6.07) is 1.98. The summed E-state index contributed by atoms with van der Waals surface area (Å²) in [4.78, 5) is 10.6. The molecule has 2 heterocycles. The van der Waals surface area contributed by atoms with Crippen molar-refractivity contribution in [3.63, 3.8) is 0 Å². The number of nitrogen functional groups attached to an aromatic ring is 1. The summed E-state index contributed by atoms with van der Waals surface area (Å²) in [5, 5.41) is 8.81. The van der Waals surface area contributed by atoms with Crippen molar-refractivity contribution >= 4 is 11.8 Å². The van der Waals surface area contributed by atoms with Gasteiger partial charge in [-0.25, -0.2) is 4.98 Å². The average molecular weight is 275 g/mol. The molecule has 0 saturated carbocycles. The molecule has 0 aliphatic carbocycles. The van der Waals surface area contributed by atoms with Gasteiger partial charge in [-0.15, -0.1) is 0 Å². The van der Waals surface area contributed by atoms with E-state index in [9.17, 15) is 0 Å². The minimum Gasteiger partial charge on any atom is -0.382 e. The van der Waals surface area contributed by atoms with E-state index in [1.807, 2.05) is 19.9 Å². The van der Waals surface area contributed by atoms with Crippen LogP contribution in [0.5, 0.6) is 0 Å². The molecule has 1 saturated heterocycles. The first-order valence-corrected chi connectivity index (χ1v) is 7.21. The molecule has 1 aliphatic rings. The van der Waals surface area contributed by atoms with E-state index >= 15 is 0 Å². The fourth-order valence-corrected chi connectivity index (χ4v) is 2.26. The molecule has 2 N–H and O–H groups in total. The maximum absolute atomic E-state index is 8.81. The zero-order chi connectivity index (χ0) is 15.3. The molecule has 0 radical (unpaired) electrons. The molecule has 1 aliphatic heterocycles. The summed E-state index contributed by atoms with van der Waals surface area (Å²) in [6.45, 7) is 12.7. The number of rotatable bonds is 1. The van der Waals surface area contributed by atoms with Crippen LogP contribution >= 0.6 is 0 Å². The quantitative estimate of drug-likeness (QED) is 0.852. The number of piperidine rings is 1. The highest BCUT2D eigenvalue weighted by Gasteiger charge is 2.33. The minimum atomic E-state index is 0.240. The van der Waals surface area contributed by atoms with Crippen LogP contribution < -0.4 is 10.6 Å². The molecule has 1 aromatic heterocycles. The van der Waals surface area contributed by atoms with Crippen LogP contribution in [0.25, 0.3) is 0 Å². The van der Waals surface area contributed by atoms with Gasteiger partial charge in [0.05, 0.1) is 6.20 Å². The maximum atomic E-state index is 8.81. The summed E-state index contributed by atoms with van der Waals surface area (Å²) in [7, 11) is 0. The molecule has 1 aromatic rings. The SMILES string of the molecule is CC.CC1CCN(c2ncc(C#N)c(N)n2)CC1(C)C. The number of nitriles is 1. The Morgan fingerprint density at radius 1 is 1.45 bits per heavy atom. The maximum Gasteiger partial charge on any atom is 0.227 e. The van der Waals surface area contributed by atoms with Gasteiger partial charge in [0.15, 0.2) is 0 Å². The topological polar surface area (TPSA) is 78.8 Å². The molecular formula is C15H25N5. The van der Waals surface area contributed by atoms with Gasteiger partial charge in [0.2, 0.25) is 5.95 Å². The number of anilines is 2. The van der Waals surface area contributed by atoms with Crippen LogP contribution in [0.1, 0.15) is 46.6 Å². The molecule has 0 aromatic carbocycles. The van der Waals surface area contributed by atoms with E-state index in [4.69, 9.17) is 11.0 Å². The smallest absolute Gasteiger partial charge is 0.227 e. The first-order chi connectivity index (χ1) is 9.44. The lowest BCUT2D eigenvalue weighted by atomic mass is 9.75. The largest absolute Gasteiger partial charge is 0.382 e. The first-order valence-electron chi connectivity index (χ1n) is 7.21. The fraction of sp³-hybridized carbons (Fsp3) is 0.667. The van der Waals surface area contributed by atoms with Gasteiger partial charge in [-0.1, -0.05) is 34.6 Å². The van der Waals surface area contributed by atoms with Gasteiger partial charge >= 0.3 is 0 Å². The Balaban J connectivity index is 0.000000956. The lowest BCUT2D eigenvalue weighted by Gasteiger charge is -2.42. The lowest BCUT2D eigenvalue weighted by Crippen LogP contribution is -2.45. The van der Waals surface area contributed by atoms with Gasteiger partial charge in [-0.05, 0) is 17.8 Å². The molecule has 1 unspecified atom stereocenters. The highest BCUT2D eigenvalue weighted by atomic mass is 15.3. The van der Waals surface area contributed by atoms with Crippen molar-refractivity contribution in [1.29, 1.82) is 5.26 Å². The standard InChI is InChI=1S/C13H19N5.C2H6/c1-9-4-5-18(8-13(9,2)3)12-16-7-10(6-14)11(15)17-12;1-2/h7,9H,4-5,8H2,1-3H3,(H2,15,16,17);1-2H3. The number of nitrogens with two attached hydrogens (primary N) is 1. The lowest BCUT2D eigenvalue weighted by molar-refractivity contribution is 0.192. The Morgan fingerprint density at radius 3 is 2.60 bits per heavy atom. The van der Waals surface area contributed by atoms with Crippen molar-refractivity contribution in [2.45, 2.75) is 41.0 Å². The van der Waals surface area contributed by atoms with Crippen molar-refractivity contribution in [1.82, 2.24) is 9.97 Å². The summed E-state index contributed by atoms with van der Waals surface area (Å²) in [5.41, 5.74) is 6.31. The van der Waals surface area contributed by atoms with Gasteiger partial charge in [0.25, 0.3) is 0 Å². The molecule has 0 spiro atoms. The van der Waals surface area contributed by atoms with Crippen LogP contribution in [0.15, 0.2) is 6.20 Å². The van der Waals surface area contributed by atoms with E-state index in [0.717, 1.165) is 19.5 Å². The zero-order valence-electron chi connectivity index (χ0n) is 13.1. The van der Waals surface area contributed by atoms with Crippen LogP contribution in [-0.2, 0) is 0 Å². The van der Waals surface area contributed by atoms with E-state index in [0.29, 0.717) is 17.4 Å². The third kappa shape index (κ3) is 3.38. The highest BCUT2D eigenvalue weighted by Crippen LogP contribution is 2.35. The van der Waals surface area contributed by atoms with Gasteiger partial charge in [0.1, 0.15) is 17.5 Å². The van der Waals surface area contributed by atoms with E-state index < -0.39 is 0 Å². The van der Waals surface area contributed by atoms with E-state index in [2.05, 4.69) is 35.6 Å². The Bertz CT molecular complexity index is 490. The van der Waals surface area contributed by atoms with Crippen molar-refractivity contribution in [3.05, 3.63) is 11.8 Å². The van der Waals surface area contributed by atoms with Gasteiger partial charge < -0.3 is 10.6 Å². The van der Waals surface area contributed by atoms with Crippen LogP contribution in [0.4, 0.5) is 11.8 Å². The monoisotopic (exact) mass is 275 g/mol. The Labute approximate surface area is 121 Å². The third-order valence-corrected chi connectivity index (χ3v) is 3.97. The van der Waals surface area contributed by atoms with Crippen LogP contribution in [0, 0.1) is 22.7 Å². The molecular weight excluding hydrogens is 250 g/mol. The molecule has 1 atom stereocenters. The Hall–Kier alpha value is -1.83. The van der Waals surface area contributed by atoms with E-state index in [1.54, 1.807) is 0 Å². The van der Waals surface area contributed by atoms with Gasteiger partial charge in [-0.2, -0.15) is 10.2 Å². The first kappa shape index (κ1) is 16.2. The summed E-state index contributed by atoms with van der Waals surface area (Å²) < 4.78 is 0. The second-order valence-corrected chi connectivity index (χ2v) is 5.68. The van der Waals surface area contributed by atoms with Crippen molar-refractivity contribution in [3.8, 4) is 6.07 Å². The van der Waals surface area contributed by atoms with Crippen molar-refractivity contribution in [2.75, 3.05) is 23.7 Å². The Morgan fingerprint density at radius 2 is 2.10 bits per heavy atom. The predicted molar refractivity (Wildman–Crippen MR) is 82.3 cm³/mol. The normalized spacial score (nSPS) is 20.6.